The fourth-order valence-corrected chi connectivity index (χ4v) is 3.71. The maximum Gasteiger partial charge on any atom is 0.306 e. The van der Waals surface area contributed by atoms with Crippen molar-refractivity contribution in [3.63, 3.8) is 0 Å². The van der Waals surface area contributed by atoms with E-state index in [4.69, 9.17) is 5.11 Å². The van der Waals surface area contributed by atoms with Crippen molar-refractivity contribution in [2.75, 3.05) is 0 Å². The standard InChI is InChI=1S/C17H23NO3S/c1-11(2)22-15-6-4-3-5-14(15)16(19)18-13-9-7-12(8-10-13)17(20)21/h3-6,11-13H,7-10H2,1-2H3,(H,18,19)(H,20,21). The minimum Gasteiger partial charge on any atom is -0.481 e. The van der Waals surface area contributed by atoms with Gasteiger partial charge in [-0.25, -0.2) is 0 Å². The molecule has 2 N–H and O–H groups in total. The monoisotopic (exact) mass is 321 g/mol. The number of rotatable bonds is 5. The molecule has 1 amide bonds. The van der Waals surface area contributed by atoms with E-state index in [1.54, 1.807) is 11.8 Å². The topological polar surface area (TPSA) is 66.4 Å². The van der Waals surface area contributed by atoms with Gasteiger partial charge in [0, 0.05) is 16.2 Å². The molecule has 0 unspecified atom stereocenters. The summed E-state index contributed by atoms with van der Waals surface area (Å²) < 4.78 is 0. The SMILES string of the molecule is CC(C)Sc1ccccc1C(=O)NC1CCC(C(=O)O)CC1. The fraction of sp³-hybridized carbons (Fsp3) is 0.529. The second kappa shape index (κ2) is 7.68. The average molecular weight is 321 g/mol. The molecule has 0 bridgehead atoms. The van der Waals surface area contributed by atoms with Crippen molar-refractivity contribution in [2.24, 2.45) is 5.92 Å². The van der Waals surface area contributed by atoms with Crippen LogP contribution in [0.3, 0.4) is 0 Å². The lowest BCUT2D eigenvalue weighted by Gasteiger charge is -2.27. The quantitative estimate of drug-likeness (QED) is 0.814. The van der Waals surface area contributed by atoms with Crippen molar-refractivity contribution in [3.05, 3.63) is 29.8 Å². The van der Waals surface area contributed by atoms with Crippen LogP contribution in [0, 0.1) is 5.92 Å². The Morgan fingerprint density at radius 1 is 1.18 bits per heavy atom. The first-order valence-electron chi connectivity index (χ1n) is 7.76. The van der Waals surface area contributed by atoms with E-state index in [1.807, 2.05) is 24.3 Å². The van der Waals surface area contributed by atoms with Gasteiger partial charge in [-0.3, -0.25) is 9.59 Å². The van der Waals surface area contributed by atoms with Gasteiger partial charge in [-0.15, -0.1) is 11.8 Å². The summed E-state index contributed by atoms with van der Waals surface area (Å²) in [5.41, 5.74) is 0.710. The van der Waals surface area contributed by atoms with E-state index in [1.165, 1.54) is 0 Å². The molecule has 5 heteroatoms. The average Bonchev–Trinajstić information content (AvgIpc) is 2.47. The van der Waals surface area contributed by atoms with E-state index < -0.39 is 5.97 Å². The summed E-state index contributed by atoms with van der Waals surface area (Å²) in [6, 6.07) is 7.73. The molecule has 120 valence electrons. The molecule has 1 aromatic rings. The van der Waals surface area contributed by atoms with Crippen LogP contribution < -0.4 is 5.32 Å². The molecule has 0 heterocycles. The molecule has 2 rings (SSSR count). The van der Waals surface area contributed by atoms with Gasteiger partial charge in [-0.05, 0) is 37.8 Å². The van der Waals surface area contributed by atoms with Crippen molar-refractivity contribution in [2.45, 2.75) is 55.7 Å². The molecule has 0 saturated heterocycles. The number of carbonyl (C=O) groups excluding carboxylic acids is 1. The summed E-state index contributed by atoms with van der Waals surface area (Å²) in [4.78, 5) is 24.4. The van der Waals surface area contributed by atoms with Crippen LogP contribution >= 0.6 is 11.8 Å². The van der Waals surface area contributed by atoms with Crippen molar-refractivity contribution < 1.29 is 14.7 Å². The number of benzene rings is 1. The van der Waals surface area contributed by atoms with Crippen LogP contribution in [0.15, 0.2) is 29.2 Å². The lowest BCUT2D eigenvalue weighted by molar-refractivity contribution is -0.142. The van der Waals surface area contributed by atoms with Crippen LogP contribution in [0.2, 0.25) is 0 Å². The lowest BCUT2D eigenvalue weighted by atomic mass is 9.86. The van der Waals surface area contributed by atoms with Gasteiger partial charge in [0.2, 0.25) is 0 Å². The Balaban J connectivity index is 1.97. The minimum absolute atomic E-state index is 0.0532. The van der Waals surface area contributed by atoms with Crippen LogP contribution in [0.25, 0.3) is 0 Å². The second-order valence-electron chi connectivity index (χ2n) is 6.02. The van der Waals surface area contributed by atoms with Gasteiger partial charge in [-0.1, -0.05) is 26.0 Å². The first-order chi connectivity index (χ1) is 10.5. The molecule has 0 aliphatic heterocycles. The number of carbonyl (C=O) groups is 2. The predicted molar refractivity (Wildman–Crippen MR) is 88.3 cm³/mol. The van der Waals surface area contributed by atoms with Crippen molar-refractivity contribution in [3.8, 4) is 0 Å². The highest BCUT2D eigenvalue weighted by Gasteiger charge is 2.27. The lowest BCUT2D eigenvalue weighted by Crippen LogP contribution is -2.38. The summed E-state index contributed by atoms with van der Waals surface area (Å²) in [6.07, 6.45) is 2.76. The number of nitrogens with one attached hydrogen (secondary N) is 1. The zero-order valence-corrected chi connectivity index (χ0v) is 13.9. The Kier molecular flexibility index (Phi) is 5.89. The molecule has 1 fully saturated rings. The third-order valence-electron chi connectivity index (χ3n) is 3.91. The van der Waals surface area contributed by atoms with E-state index in [2.05, 4.69) is 19.2 Å². The van der Waals surface area contributed by atoms with Gasteiger partial charge in [-0.2, -0.15) is 0 Å². The summed E-state index contributed by atoms with van der Waals surface area (Å²) in [5, 5.41) is 12.5. The Labute approximate surface area is 135 Å². The second-order valence-corrected chi connectivity index (χ2v) is 7.64. The minimum atomic E-state index is -0.719. The highest BCUT2D eigenvalue weighted by atomic mass is 32.2. The number of carboxylic acid groups (broad SMARTS) is 1. The molecular weight excluding hydrogens is 298 g/mol. The van der Waals surface area contributed by atoms with Crippen molar-refractivity contribution >= 4 is 23.6 Å². The van der Waals surface area contributed by atoms with E-state index in [9.17, 15) is 9.59 Å². The van der Waals surface area contributed by atoms with Gasteiger partial charge in [0.15, 0.2) is 0 Å². The summed E-state index contributed by atoms with van der Waals surface area (Å²) in [7, 11) is 0. The van der Waals surface area contributed by atoms with Crippen LogP contribution in [0.5, 0.6) is 0 Å². The molecule has 22 heavy (non-hydrogen) atoms. The molecule has 4 nitrogen and oxygen atoms in total. The number of thioether (sulfide) groups is 1. The molecule has 1 saturated carbocycles. The van der Waals surface area contributed by atoms with E-state index in [0.29, 0.717) is 23.7 Å². The Morgan fingerprint density at radius 3 is 2.41 bits per heavy atom. The van der Waals surface area contributed by atoms with Crippen LogP contribution in [-0.2, 0) is 4.79 Å². The first-order valence-corrected chi connectivity index (χ1v) is 8.64. The van der Waals surface area contributed by atoms with Gasteiger partial charge < -0.3 is 10.4 Å². The number of carboxylic acids is 1. The highest BCUT2D eigenvalue weighted by molar-refractivity contribution is 8.00. The van der Waals surface area contributed by atoms with Gasteiger partial charge in [0.25, 0.3) is 5.91 Å². The van der Waals surface area contributed by atoms with Crippen LogP contribution in [0.1, 0.15) is 49.9 Å². The maximum atomic E-state index is 12.5. The molecule has 0 spiro atoms. The van der Waals surface area contributed by atoms with Crippen molar-refractivity contribution in [1.82, 2.24) is 5.32 Å². The third-order valence-corrected chi connectivity index (χ3v) is 4.99. The summed E-state index contributed by atoms with van der Waals surface area (Å²) in [6.45, 7) is 4.21. The summed E-state index contributed by atoms with van der Waals surface area (Å²) in [5.74, 6) is -1.03. The zero-order valence-electron chi connectivity index (χ0n) is 13.0. The Hall–Kier alpha value is -1.49. The molecule has 0 aromatic heterocycles. The Bertz CT molecular complexity index is 536. The van der Waals surface area contributed by atoms with Crippen molar-refractivity contribution in [1.29, 1.82) is 0 Å². The number of amides is 1. The number of hydrogen-bond donors (Lipinski definition) is 2. The molecule has 1 aliphatic rings. The fourth-order valence-electron chi connectivity index (χ4n) is 2.76. The number of hydrogen-bond acceptors (Lipinski definition) is 3. The van der Waals surface area contributed by atoms with E-state index in [0.717, 1.165) is 17.7 Å². The van der Waals surface area contributed by atoms with E-state index in [-0.39, 0.29) is 17.9 Å². The third kappa shape index (κ3) is 4.50. The zero-order chi connectivity index (χ0) is 16.1. The van der Waals surface area contributed by atoms with Gasteiger partial charge >= 0.3 is 5.97 Å². The molecule has 0 radical (unpaired) electrons. The van der Waals surface area contributed by atoms with E-state index >= 15 is 0 Å². The number of aliphatic carboxylic acids is 1. The largest absolute Gasteiger partial charge is 0.481 e. The molecule has 1 aromatic carbocycles. The van der Waals surface area contributed by atoms with Gasteiger partial charge in [0.1, 0.15) is 0 Å². The highest BCUT2D eigenvalue weighted by Crippen LogP contribution is 2.28. The van der Waals surface area contributed by atoms with Crippen LogP contribution in [0.4, 0.5) is 0 Å². The maximum absolute atomic E-state index is 12.5. The first kappa shape index (κ1) is 16.9. The molecule has 1 aliphatic carbocycles. The summed E-state index contributed by atoms with van der Waals surface area (Å²) >= 11 is 1.68. The Morgan fingerprint density at radius 2 is 1.82 bits per heavy atom. The normalized spacial score (nSPS) is 21.6. The predicted octanol–water partition coefficient (Wildman–Crippen LogP) is 3.56. The van der Waals surface area contributed by atoms with Crippen LogP contribution in [-0.4, -0.2) is 28.3 Å². The molecule has 0 atom stereocenters. The van der Waals surface area contributed by atoms with Gasteiger partial charge in [0.05, 0.1) is 11.5 Å². The smallest absolute Gasteiger partial charge is 0.306 e. The molecular formula is C17H23NO3S.